The molecular weight excluding hydrogens is 238 g/mol. The first kappa shape index (κ1) is 12.7. The minimum Gasteiger partial charge on any atom is -0.497 e. The molecule has 19 heavy (non-hydrogen) atoms. The summed E-state index contributed by atoms with van der Waals surface area (Å²) < 4.78 is 5.22. The van der Waals surface area contributed by atoms with E-state index in [0.29, 0.717) is 17.9 Å². The predicted molar refractivity (Wildman–Crippen MR) is 74.8 cm³/mol. The molecule has 0 saturated carbocycles. The van der Waals surface area contributed by atoms with Gasteiger partial charge in [-0.1, -0.05) is 12.5 Å². The maximum Gasteiger partial charge on any atom is 0.168 e. The van der Waals surface area contributed by atoms with E-state index in [4.69, 9.17) is 4.74 Å². The maximum absolute atomic E-state index is 12.6. The topological polar surface area (TPSA) is 38.3 Å². The molecule has 1 fully saturated rings. The molecule has 1 N–H and O–H groups in total. The second-order valence-corrected chi connectivity index (χ2v) is 5.80. The van der Waals surface area contributed by atoms with Gasteiger partial charge in [0, 0.05) is 23.6 Å². The summed E-state index contributed by atoms with van der Waals surface area (Å²) in [5, 5.41) is 3.60. The van der Waals surface area contributed by atoms with Crippen molar-refractivity contribution in [1.82, 2.24) is 5.32 Å². The number of nitrogens with one attached hydrogen (secondary N) is 1. The van der Waals surface area contributed by atoms with Crippen molar-refractivity contribution in [3.63, 3.8) is 0 Å². The molecule has 3 heteroatoms. The number of hydrogen-bond acceptors (Lipinski definition) is 3. The number of carbonyl (C=O) groups is 1. The number of piperidine rings is 1. The molecule has 3 rings (SSSR count). The number of methoxy groups -OCH3 is 1. The minimum atomic E-state index is 0.116. The first-order valence-corrected chi connectivity index (χ1v) is 7.16. The summed E-state index contributed by atoms with van der Waals surface area (Å²) in [4.78, 5) is 12.6. The fourth-order valence-corrected chi connectivity index (χ4v) is 3.44. The van der Waals surface area contributed by atoms with E-state index in [1.165, 1.54) is 18.4 Å². The van der Waals surface area contributed by atoms with Crippen molar-refractivity contribution >= 4 is 5.78 Å². The summed E-state index contributed by atoms with van der Waals surface area (Å²) >= 11 is 0. The molecule has 102 valence electrons. The van der Waals surface area contributed by atoms with E-state index >= 15 is 0 Å². The quantitative estimate of drug-likeness (QED) is 0.887. The second-order valence-electron chi connectivity index (χ2n) is 5.80. The van der Waals surface area contributed by atoms with Gasteiger partial charge in [-0.15, -0.1) is 0 Å². The first-order valence-electron chi connectivity index (χ1n) is 7.16. The Morgan fingerprint density at radius 1 is 1.32 bits per heavy atom. The molecule has 1 aliphatic carbocycles. The molecule has 1 aliphatic heterocycles. The molecule has 0 bridgehead atoms. The molecular formula is C16H21NO2. The number of carbonyl (C=O) groups excluding carboxylic acids is 1. The Morgan fingerprint density at radius 2 is 2.16 bits per heavy atom. The van der Waals surface area contributed by atoms with Crippen LogP contribution in [0.3, 0.4) is 0 Å². The van der Waals surface area contributed by atoms with Crippen LogP contribution in [0.5, 0.6) is 5.75 Å². The average molecular weight is 259 g/mol. The van der Waals surface area contributed by atoms with Crippen molar-refractivity contribution in [1.29, 1.82) is 0 Å². The van der Waals surface area contributed by atoms with E-state index in [0.717, 1.165) is 24.2 Å². The third-order valence-electron chi connectivity index (χ3n) is 4.50. The van der Waals surface area contributed by atoms with Crippen molar-refractivity contribution in [3.05, 3.63) is 29.3 Å². The summed E-state index contributed by atoms with van der Waals surface area (Å²) in [5.41, 5.74) is 2.04. The van der Waals surface area contributed by atoms with Crippen LogP contribution in [0.1, 0.15) is 42.1 Å². The number of fused-ring (bicyclic) bond motifs is 1. The van der Waals surface area contributed by atoms with Gasteiger partial charge in [0.15, 0.2) is 5.78 Å². The molecule has 0 spiro atoms. The monoisotopic (exact) mass is 259 g/mol. The molecule has 1 saturated heterocycles. The fraction of sp³-hybridized carbons (Fsp3) is 0.562. The lowest BCUT2D eigenvalue weighted by Gasteiger charge is -2.32. The van der Waals surface area contributed by atoms with Crippen LogP contribution in [0.4, 0.5) is 0 Å². The van der Waals surface area contributed by atoms with Gasteiger partial charge in [0.1, 0.15) is 5.75 Å². The summed E-state index contributed by atoms with van der Waals surface area (Å²) in [5.74, 6) is 1.18. The predicted octanol–water partition coefficient (Wildman–Crippen LogP) is 2.58. The zero-order valence-corrected chi connectivity index (χ0v) is 11.6. The number of hydrogen-bond donors (Lipinski definition) is 1. The zero-order chi connectivity index (χ0) is 13.4. The molecule has 3 atom stereocenters. The summed E-state index contributed by atoms with van der Waals surface area (Å²) in [7, 11) is 1.64. The van der Waals surface area contributed by atoms with E-state index in [-0.39, 0.29) is 5.92 Å². The average Bonchev–Trinajstić information content (AvgIpc) is 2.76. The van der Waals surface area contributed by atoms with Gasteiger partial charge in [0.2, 0.25) is 0 Å². The number of ether oxygens (including phenoxy) is 1. The highest BCUT2D eigenvalue weighted by molar-refractivity contribution is 6.03. The Kier molecular flexibility index (Phi) is 3.31. The summed E-state index contributed by atoms with van der Waals surface area (Å²) in [6.07, 6.45) is 4.44. The van der Waals surface area contributed by atoms with Crippen LogP contribution < -0.4 is 10.1 Å². The Bertz CT molecular complexity index is 498. The van der Waals surface area contributed by atoms with E-state index in [2.05, 4.69) is 12.2 Å². The third-order valence-corrected chi connectivity index (χ3v) is 4.50. The van der Waals surface area contributed by atoms with Crippen LogP contribution in [0.25, 0.3) is 0 Å². The van der Waals surface area contributed by atoms with Crippen LogP contribution in [-0.2, 0) is 6.42 Å². The van der Waals surface area contributed by atoms with Crippen molar-refractivity contribution < 1.29 is 9.53 Å². The fourth-order valence-electron chi connectivity index (χ4n) is 3.44. The van der Waals surface area contributed by atoms with Gasteiger partial charge in [-0.25, -0.2) is 0 Å². The molecule has 3 unspecified atom stereocenters. The molecule has 1 aromatic rings. The van der Waals surface area contributed by atoms with E-state index in [9.17, 15) is 4.79 Å². The normalized spacial score (nSPS) is 30.2. The lowest BCUT2D eigenvalue weighted by Crippen LogP contribution is -2.46. The molecule has 2 aliphatic rings. The minimum absolute atomic E-state index is 0.116. The number of rotatable bonds is 2. The van der Waals surface area contributed by atoms with E-state index < -0.39 is 0 Å². The standard InChI is InChI=1S/C16H21NO2/c1-10-4-3-5-15(17-10)14-8-11-6-7-12(19-2)9-13(11)16(14)18/h6-7,9-10,14-15,17H,3-5,8H2,1-2H3. The Hall–Kier alpha value is -1.35. The van der Waals surface area contributed by atoms with E-state index in [1.807, 2.05) is 18.2 Å². The van der Waals surface area contributed by atoms with Gasteiger partial charge < -0.3 is 10.1 Å². The van der Waals surface area contributed by atoms with Crippen molar-refractivity contribution in [3.8, 4) is 5.75 Å². The van der Waals surface area contributed by atoms with Crippen molar-refractivity contribution in [2.24, 2.45) is 5.92 Å². The molecule has 3 nitrogen and oxygen atoms in total. The Labute approximate surface area is 114 Å². The molecule has 0 amide bonds. The van der Waals surface area contributed by atoms with Gasteiger partial charge in [-0.2, -0.15) is 0 Å². The zero-order valence-electron chi connectivity index (χ0n) is 11.6. The highest BCUT2D eigenvalue weighted by Crippen LogP contribution is 2.34. The van der Waals surface area contributed by atoms with Gasteiger partial charge in [0.05, 0.1) is 7.11 Å². The highest BCUT2D eigenvalue weighted by Gasteiger charge is 2.37. The number of Topliss-reactive ketones (excluding diaryl/α,β-unsaturated/α-hetero) is 1. The lowest BCUT2D eigenvalue weighted by atomic mass is 9.87. The SMILES string of the molecule is COc1ccc2c(c1)C(=O)C(C1CCCC(C)N1)C2. The van der Waals surface area contributed by atoms with Gasteiger partial charge in [0.25, 0.3) is 0 Å². The smallest absolute Gasteiger partial charge is 0.168 e. The van der Waals surface area contributed by atoms with E-state index in [1.54, 1.807) is 7.11 Å². The van der Waals surface area contributed by atoms with Crippen LogP contribution in [-0.4, -0.2) is 25.0 Å². The maximum atomic E-state index is 12.6. The second kappa shape index (κ2) is 4.97. The van der Waals surface area contributed by atoms with Gasteiger partial charge in [-0.3, -0.25) is 4.79 Å². The first-order chi connectivity index (χ1) is 9.19. The molecule has 0 aromatic heterocycles. The van der Waals surface area contributed by atoms with Gasteiger partial charge >= 0.3 is 0 Å². The summed E-state index contributed by atoms with van der Waals surface area (Å²) in [6.45, 7) is 2.21. The van der Waals surface area contributed by atoms with Crippen LogP contribution in [0.2, 0.25) is 0 Å². The summed E-state index contributed by atoms with van der Waals surface area (Å²) in [6, 6.07) is 6.76. The van der Waals surface area contributed by atoms with Crippen LogP contribution in [0, 0.1) is 5.92 Å². The largest absolute Gasteiger partial charge is 0.497 e. The van der Waals surface area contributed by atoms with Crippen LogP contribution in [0.15, 0.2) is 18.2 Å². The van der Waals surface area contributed by atoms with Crippen molar-refractivity contribution in [2.75, 3.05) is 7.11 Å². The Balaban J connectivity index is 1.82. The lowest BCUT2D eigenvalue weighted by molar-refractivity contribution is 0.0889. The van der Waals surface area contributed by atoms with Crippen LogP contribution >= 0.6 is 0 Å². The Morgan fingerprint density at radius 3 is 2.89 bits per heavy atom. The van der Waals surface area contributed by atoms with Gasteiger partial charge in [-0.05, 0) is 43.9 Å². The van der Waals surface area contributed by atoms with Crippen molar-refractivity contribution in [2.45, 2.75) is 44.7 Å². The molecule has 0 radical (unpaired) electrons. The molecule has 1 heterocycles. The third kappa shape index (κ3) is 2.27. The number of benzene rings is 1. The number of ketones is 1. The molecule has 1 aromatic carbocycles. The highest BCUT2D eigenvalue weighted by atomic mass is 16.5.